The summed E-state index contributed by atoms with van der Waals surface area (Å²) in [5, 5.41) is 10.7. The van der Waals surface area contributed by atoms with Gasteiger partial charge in [-0.1, -0.05) is 53.6 Å². The predicted octanol–water partition coefficient (Wildman–Crippen LogP) is 5.80. The van der Waals surface area contributed by atoms with Crippen LogP contribution in [0, 0.1) is 13.8 Å². The number of anilines is 2. The van der Waals surface area contributed by atoms with Gasteiger partial charge in [0.15, 0.2) is 11.5 Å². The summed E-state index contributed by atoms with van der Waals surface area (Å²) in [4.78, 5) is 17.9. The molecule has 194 valence electrons. The highest BCUT2D eigenvalue weighted by Gasteiger charge is 2.34. The summed E-state index contributed by atoms with van der Waals surface area (Å²) in [6, 6.07) is 21.2. The molecule has 38 heavy (non-hydrogen) atoms. The SMILES string of the molecule is CCOc1cc(C2C(C(=O)Nc3ccc(C)cc3)=C(C)Nc3ncnn32)ccc1OCc1ccc(C)cc1. The maximum atomic E-state index is 13.6. The number of amides is 1. The highest BCUT2D eigenvalue weighted by atomic mass is 16.5. The van der Waals surface area contributed by atoms with Crippen LogP contribution < -0.4 is 20.1 Å². The molecule has 0 bridgehead atoms. The standard InChI is InChI=1S/C30H31N5O3/c1-5-37-26-16-23(12-15-25(26)38-17-22-10-6-19(2)7-11-22)28-27(21(4)33-30-31-18-32-35(28)30)29(36)34-24-13-8-20(3)9-14-24/h6-16,18,28H,5,17H2,1-4H3,(H,34,36)(H,31,32,33). The normalized spacial score (nSPS) is 14.5. The van der Waals surface area contributed by atoms with Crippen LogP contribution >= 0.6 is 0 Å². The number of fused-ring (bicyclic) bond motifs is 1. The van der Waals surface area contributed by atoms with E-state index >= 15 is 0 Å². The number of carbonyl (C=O) groups excluding carboxylic acids is 1. The van der Waals surface area contributed by atoms with E-state index in [1.54, 1.807) is 4.68 Å². The van der Waals surface area contributed by atoms with Gasteiger partial charge in [-0.15, -0.1) is 0 Å². The lowest BCUT2D eigenvalue weighted by Crippen LogP contribution is -2.31. The third-order valence-corrected chi connectivity index (χ3v) is 6.45. The number of hydrogen-bond donors (Lipinski definition) is 2. The number of nitrogens with one attached hydrogen (secondary N) is 2. The van der Waals surface area contributed by atoms with Crippen molar-refractivity contribution >= 4 is 17.5 Å². The quantitative estimate of drug-likeness (QED) is 0.312. The summed E-state index contributed by atoms with van der Waals surface area (Å²) >= 11 is 0. The molecular formula is C30H31N5O3. The fraction of sp³-hybridized carbons (Fsp3) is 0.233. The summed E-state index contributed by atoms with van der Waals surface area (Å²) in [7, 11) is 0. The van der Waals surface area contributed by atoms with Crippen molar-refractivity contribution in [3.8, 4) is 11.5 Å². The van der Waals surface area contributed by atoms with Crippen molar-refractivity contribution in [2.24, 2.45) is 0 Å². The Morgan fingerprint density at radius 3 is 2.37 bits per heavy atom. The van der Waals surface area contributed by atoms with Gasteiger partial charge in [-0.05, 0) is 63.1 Å². The van der Waals surface area contributed by atoms with Crippen molar-refractivity contribution in [3.63, 3.8) is 0 Å². The molecular weight excluding hydrogens is 478 g/mol. The van der Waals surface area contributed by atoms with Gasteiger partial charge in [-0.25, -0.2) is 4.68 Å². The molecule has 0 saturated carbocycles. The maximum Gasteiger partial charge on any atom is 0.255 e. The molecule has 1 amide bonds. The minimum atomic E-state index is -0.510. The highest BCUT2D eigenvalue weighted by molar-refractivity contribution is 6.06. The monoisotopic (exact) mass is 509 g/mol. The smallest absolute Gasteiger partial charge is 0.255 e. The minimum absolute atomic E-state index is 0.220. The van der Waals surface area contributed by atoms with Gasteiger partial charge in [0.1, 0.15) is 19.0 Å². The number of rotatable bonds is 8. The van der Waals surface area contributed by atoms with Gasteiger partial charge < -0.3 is 20.1 Å². The van der Waals surface area contributed by atoms with Crippen LogP contribution in [0.3, 0.4) is 0 Å². The van der Waals surface area contributed by atoms with Crippen molar-refractivity contribution < 1.29 is 14.3 Å². The third kappa shape index (κ3) is 5.25. The van der Waals surface area contributed by atoms with E-state index in [4.69, 9.17) is 9.47 Å². The summed E-state index contributed by atoms with van der Waals surface area (Å²) in [5.41, 5.74) is 6.19. The van der Waals surface area contributed by atoms with E-state index in [1.807, 2.05) is 63.2 Å². The van der Waals surface area contributed by atoms with Crippen LogP contribution in [0.25, 0.3) is 0 Å². The average Bonchev–Trinajstić information content (AvgIpc) is 3.37. The summed E-state index contributed by atoms with van der Waals surface area (Å²) in [5.74, 6) is 1.59. The van der Waals surface area contributed by atoms with E-state index in [0.717, 1.165) is 22.4 Å². The van der Waals surface area contributed by atoms with Crippen molar-refractivity contribution in [3.05, 3.63) is 107 Å². The number of nitrogens with zero attached hydrogens (tertiary/aromatic N) is 3. The third-order valence-electron chi connectivity index (χ3n) is 6.45. The van der Waals surface area contributed by atoms with Gasteiger partial charge in [0.25, 0.3) is 5.91 Å². The lowest BCUT2D eigenvalue weighted by molar-refractivity contribution is -0.113. The second kappa shape index (κ2) is 10.8. The molecule has 0 saturated heterocycles. The summed E-state index contributed by atoms with van der Waals surface area (Å²) < 4.78 is 13.8. The molecule has 1 aliphatic heterocycles. The van der Waals surface area contributed by atoms with Crippen LogP contribution in [-0.4, -0.2) is 27.3 Å². The first-order chi connectivity index (χ1) is 18.4. The molecule has 2 heterocycles. The number of allylic oxidation sites excluding steroid dienone is 1. The fourth-order valence-electron chi connectivity index (χ4n) is 4.46. The first-order valence-corrected chi connectivity index (χ1v) is 12.6. The van der Waals surface area contributed by atoms with E-state index in [-0.39, 0.29) is 5.91 Å². The van der Waals surface area contributed by atoms with Gasteiger partial charge in [0.2, 0.25) is 5.95 Å². The Balaban J connectivity index is 1.48. The van der Waals surface area contributed by atoms with Crippen molar-refractivity contribution in [1.29, 1.82) is 0 Å². The Labute approximate surface area is 222 Å². The summed E-state index contributed by atoms with van der Waals surface area (Å²) in [6.07, 6.45) is 1.48. The van der Waals surface area contributed by atoms with Crippen LogP contribution in [-0.2, 0) is 11.4 Å². The highest BCUT2D eigenvalue weighted by Crippen LogP contribution is 2.39. The molecule has 1 aliphatic rings. The van der Waals surface area contributed by atoms with Crippen LogP contribution in [0.15, 0.2) is 84.3 Å². The van der Waals surface area contributed by atoms with Crippen molar-refractivity contribution in [1.82, 2.24) is 14.8 Å². The zero-order chi connectivity index (χ0) is 26.6. The van der Waals surface area contributed by atoms with Gasteiger partial charge in [0, 0.05) is 11.4 Å². The maximum absolute atomic E-state index is 13.6. The van der Waals surface area contributed by atoms with Gasteiger partial charge >= 0.3 is 0 Å². The predicted molar refractivity (Wildman–Crippen MR) is 147 cm³/mol. The molecule has 5 rings (SSSR count). The topological polar surface area (TPSA) is 90.3 Å². The second-order valence-corrected chi connectivity index (χ2v) is 9.33. The van der Waals surface area contributed by atoms with Crippen molar-refractivity contribution in [2.45, 2.75) is 40.3 Å². The number of carbonyl (C=O) groups is 1. The van der Waals surface area contributed by atoms with Crippen LogP contribution in [0.1, 0.15) is 42.1 Å². The second-order valence-electron chi connectivity index (χ2n) is 9.33. The summed E-state index contributed by atoms with van der Waals surface area (Å²) in [6.45, 7) is 8.77. The Morgan fingerprint density at radius 1 is 0.947 bits per heavy atom. The van der Waals surface area contributed by atoms with E-state index in [1.165, 1.54) is 11.9 Å². The molecule has 0 aliphatic carbocycles. The molecule has 4 aromatic rings. The number of aromatic nitrogens is 3. The fourth-order valence-corrected chi connectivity index (χ4v) is 4.46. The largest absolute Gasteiger partial charge is 0.490 e. The van der Waals surface area contributed by atoms with E-state index in [0.29, 0.717) is 41.9 Å². The molecule has 1 aromatic heterocycles. The molecule has 0 radical (unpaired) electrons. The van der Waals surface area contributed by atoms with Gasteiger partial charge in [0.05, 0.1) is 12.2 Å². The molecule has 3 aromatic carbocycles. The lowest BCUT2D eigenvalue weighted by Gasteiger charge is -2.29. The molecule has 1 unspecified atom stereocenters. The molecule has 0 spiro atoms. The van der Waals surface area contributed by atoms with E-state index in [9.17, 15) is 4.79 Å². The van der Waals surface area contributed by atoms with E-state index < -0.39 is 6.04 Å². The van der Waals surface area contributed by atoms with E-state index in [2.05, 4.69) is 51.9 Å². The molecule has 8 nitrogen and oxygen atoms in total. The van der Waals surface area contributed by atoms with Gasteiger partial charge in [-0.2, -0.15) is 10.1 Å². The average molecular weight is 510 g/mol. The number of ether oxygens (including phenoxy) is 2. The zero-order valence-corrected chi connectivity index (χ0v) is 22.0. The zero-order valence-electron chi connectivity index (χ0n) is 22.0. The van der Waals surface area contributed by atoms with Gasteiger partial charge in [-0.3, -0.25) is 4.79 Å². The molecule has 8 heteroatoms. The molecule has 2 N–H and O–H groups in total. The Morgan fingerprint density at radius 2 is 1.66 bits per heavy atom. The van der Waals surface area contributed by atoms with Crippen molar-refractivity contribution in [2.75, 3.05) is 17.2 Å². The number of aryl methyl sites for hydroxylation is 2. The first-order valence-electron chi connectivity index (χ1n) is 12.6. The Bertz CT molecular complexity index is 1470. The first kappa shape index (κ1) is 25.1. The minimum Gasteiger partial charge on any atom is -0.490 e. The van der Waals surface area contributed by atoms with Crippen LogP contribution in [0.2, 0.25) is 0 Å². The Kier molecular flexibility index (Phi) is 7.13. The van der Waals surface area contributed by atoms with Crippen LogP contribution in [0.5, 0.6) is 11.5 Å². The Hall–Kier alpha value is -4.59. The molecule has 0 fully saturated rings. The van der Waals surface area contributed by atoms with Crippen LogP contribution in [0.4, 0.5) is 11.6 Å². The molecule has 1 atom stereocenters. The number of benzene rings is 3. The lowest BCUT2D eigenvalue weighted by atomic mass is 9.94. The number of hydrogen-bond acceptors (Lipinski definition) is 6.